The van der Waals surface area contributed by atoms with Crippen LogP contribution in [0.25, 0.3) is 27.7 Å². The number of nitrogens with zero attached hydrogens (tertiary/aromatic N) is 3. The van der Waals surface area contributed by atoms with E-state index in [1.807, 2.05) is 34.7 Å². The van der Waals surface area contributed by atoms with Gasteiger partial charge in [0.1, 0.15) is 0 Å². The average Bonchev–Trinajstić information content (AvgIpc) is 3.32. The molecule has 142 valence electrons. The Morgan fingerprint density at radius 1 is 1.14 bits per heavy atom. The van der Waals surface area contributed by atoms with Gasteiger partial charge in [-0.15, -0.1) is 0 Å². The van der Waals surface area contributed by atoms with Gasteiger partial charge in [0.25, 0.3) is 5.56 Å². The van der Waals surface area contributed by atoms with Gasteiger partial charge in [0.2, 0.25) is 5.78 Å². The van der Waals surface area contributed by atoms with Gasteiger partial charge >= 0.3 is 5.97 Å². The Balaban J connectivity index is 1.98. The van der Waals surface area contributed by atoms with E-state index < -0.39 is 0 Å². The molecule has 7 heteroatoms. The maximum absolute atomic E-state index is 12.8. The molecule has 0 aliphatic heterocycles. The number of carbonyl (C=O) groups is 1. The molecule has 0 N–H and O–H groups in total. The van der Waals surface area contributed by atoms with Crippen LogP contribution in [0.15, 0.2) is 45.7 Å². The van der Waals surface area contributed by atoms with Crippen molar-refractivity contribution in [2.75, 3.05) is 7.11 Å². The molecular weight excluding hydrogens is 422 g/mol. The summed E-state index contributed by atoms with van der Waals surface area (Å²) in [6, 6.07) is 11.5. The Morgan fingerprint density at radius 3 is 2.68 bits per heavy atom. The fourth-order valence-electron chi connectivity index (χ4n) is 4.39. The van der Waals surface area contributed by atoms with E-state index in [4.69, 9.17) is 4.74 Å². The van der Waals surface area contributed by atoms with E-state index in [1.165, 1.54) is 7.11 Å². The van der Waals surface area contributed by atoms with Crippen LogP contribution in [0.5, 0.6) is 0 Å². The van der Waals surface area contributed by atoms with Gasteiger partial charge in [-0.3, -0.25) is 9.20 Å². The first-order chi connectivity index (χ1) is 13.6. The molecule has 5 rings (SSSR count). The predicted molar refractivity (Wildman–Crippen MR) is 111 cm³/mol. The summed E-state index contributed by atoms with van der Waals surface area (Å²) in [6.07, 6.45) is 4.37. The highest BCUT2D eigenvalue weighted by Crippen LogP contribution is 2.36. The SMILES string of the molecule is COC(=O)c1ccc2c(c1)n(C1CCCC1)c1nc(=O)c3c(Br)cccc3n21. The number of rotatable bonds is 2. The number of halogens is 1. The molecule has 6 nitrogen and oxygen atoms in total. The zero-order chi connectivity index (χ0) is 19.4. The van der Waals surface area contributed by atoms with Crippen LogP contribution in [0, 0.1) is 0 Å². The highest BCUT2D eigenvalue weighted by molar-refractivity contribution is 9.10. The molecule has 4 aromatic rings. The van der Waals surface area contributed by atoms with E-state index in [0.717, 1.165) is 46.7 Å². The number of imidazole rings is 1. The Kier molecular flexibility index (Phi) is 4.01. The van der Waals surface area contributed by atoms with Crippen LogP contribution in [-0.4, -0.2) is 27.0 Å². The van der Waals surface area contributed by atoms with Crippen LogP contribution < -0.4 is 5.56 Å². The molecule has 0 unspecified atom stereocenters. The third kappa shape index (κ3) is 2.42. The van der Waals surface area contributed by atoms with Crippen LogP contribution in [0.2, 0.25) is 0 Å². The zero-order valence-electron chi connectivity index (χ0n) is 15.3. The molecule has 1 aliphatic carbocycles. The van der Waals surface area contributed by atoms with Crippen LogP contribution in [-0.2, 0) is 4.74 Å². The Morgan fingerprint density at radius 2 is 1.93 bits per heavy atom. The Hall–Kier alpha value is -2.67. The van der Waals surface area contributed by atoms with Gasteiger partial charge in [-0.2, -0.15) is 4.98 Å². The van der Waals surface area contributed by atoms with Gasteiger partial charge in [0.15, 0.2) is 0 Å². The van der Waals surface area contributed by atoms with E-state index in [-0.39, 0.29) is 17.6 Å². The van der Waals surface area contributed by atoms with E-state index in [1.54, 1.807) is 6.07 Å². The molecule has 2 heterocycles. The van der Waals surface area contributed by atoms with Gasteiger partial charge in [-0.25, -0.2) is 4.79 Å². The molecule has 0 saturated heterocycles. The summed E-state index contributed by atoms with van der Waals surface area (Å²) in [5.41, 5.74) is 2.86. The Labute approximate surface area is 168 Å². The lowest BCUT2D eigenvalue weighted by atomic mass is 10.1. The third-order valence-corrected chi connectivity index (χ3v) is 6.31. The standard InChI is InChI=1S/C21H18BrN3O3/c1-28-20(27)12-9-10-15-17(11-12)24(13-5-2-3-6-13)21-23-19(26)18-14(22)7-4-8-16(18)25(15)21/h4,7-11,13H,2-3,5-6H2,1H3. The molecule has 1 aliphatic rings. The van der Waals surface area contributed by atoms with Crippen molar-refractivity contribution in [3.8, 4) is 0 Å². The van der Waals surface area contributed by atoms with Crippen molar-refractivity contribution in [2.24, 2.45) is 0 Å². The smallest absolute Gasteiger partial charge is 0.337 e. The quantitative estimate of drug-likeness (QED) is 0.432. The minimum Gasteiger partial charge on any atom is -0.465 e. The van der Waals surface area contributed by atoms with Gasteiger partial charge in [-0.1, -0.05) is 18.9 Å². The van der Waals surface area contributed by atoms with Crippen LogP contribution in [0.1, 0.15) is 42.1 Å². The van der Waals surface area contributed by atoms with E-state index in [9.17, 15) is 9.59 Å². The normalized spacial score (nSPS) is 15.1. The first-order valence-corrected chi connectivity index (χ1v) is 10.1. The highest BCUT2D eigenvalue weighted by atomic mass is 79.9. The van der Waals surface area contributed by atoms with Crippen molar-refractivity contribution < 1.29 is 9.53 Å². The van der Waals surface area contributed by atoms with Crippen LogP contribution in [0.4, 0.5) is 0 Å². The molecular formula is C21H18BrN3O3. The topological polar surface area (TPSA) is 65.6 Å². The third-order valence-electron chi connectivity index (χ3n) is 5.65. The number of hydrogen-bond donors (Lipinski definition) is 0. The maximum Gasteiger partial charge on any atom is 0.337 e. The Bertz CT molecular complexity index is 1320. The van der Waals surface area contributed by atoms with Crippen LogP contribution >= 0.6 is 15.9 Å². The first kappa shape index (κ1) is 17.4. The summed E-state index contributed by atoms with van der Waals surface area (Å²) in [6.45, 7) is 0. The number of fused-ring (bicyclic) bond motifs is 5. The molecule has 28 heavy (non-hydrogen) atoms. The first-order valence-electron chi connectivity index (χ1n) is 9.33. The number of methoxy groups -OCH3 is 1. The van der Waals surface area contributed by atoms with Gasteiger partial charge in [-0.05, 0) is 59.1 Å². The monoisotopic (exact) mass is 439 g/mol. The summed E-state index contributed by atoms with van der Waals surface area (Å²) in [5, 5.41) is 0.558. The van der Waals surface area contributed by atoms with Crippen molar-refractivity contribution >= 4 is 49.6 Å². The van der Waals surface area contributed by atoms with E-state index >= 15 is 0 Å². The van der Waals surface area contributed by atoms with Gasteiger partial charge < -0.3 is 9.30 Å². The van der Waals surface area contributed by atoms with Crippen molar-refractivity contribution in [3.05, 3.63) is 56.8 Å². The number of benzene rings is 2. The van der Waals surface area contributed by atoms with Gasteiger partial charge in [0.05, 0.1) is 34.6 Å². The zero-order valence-corrected chi connectivity index (χ0v) is 16.9. The summed E-state index contributed by atoms with van der Waals surface area (Å²) in [4.78, 5) is 29.4. The lowest BCUT2D eigenvalue weighted by Crippen LogP contribution is -2.14. The maximum atomic E-state index is 12.8. The molecule has 2 aromatic carbocycles. The number of ether oxygens (including phenoxy) is 1. The molecule has 0 radical (unpaired) electrons. The van der Waals surface area contributed by atoms with Crippen molar-refractivity contribution in [1.29, 1.82) is 0 Å². The second kappa shape index (κ2) is 6.44. The molecule has 0 atom stereocenters. The highest BCUT2D eigenvalue weighted by Gasteiger charge is 2.25. The predicted octanol–water partition coefficient (Wildman–Crippen LogP) is 4.47. The lowest BCUT2D eigenvalue weighted by Gasteiger charge is -2.14. The molecule has 1 saturated carbocycles. The second-order valence-electron chi connectivity index (χ2n) is 7.19. The second-order valence-corrected chi connectivity index (χ2v) is 8.04. The molecule has 0 bridgehead atoms. The minimum atomic E-state index is -0.375. The molecule has 2 aromatic heterocycles. The summed E-state index contributed by atoms with van der Waals surface area (Å²) in [7, 11) is 1.38. The van der Waals surface area contributed by atoms with Crippen molar-refractivity contribution in [2.45, 2.75) is 31.7 Å². The summed E-state index contributed by atoms with van der Waals surface area (Å²) < 4.78 is 9.79. The number of hydrogen-bond acceptors (Lipinski definition) is 4. The lowest BCUT2D eigenvalue weighted by molar-refractivity contribution is 0.0601. The number of aromatic nitrogens is 3. The fraction of sp³-hybridized carbons (Fsp3) is 0.286. The number of carbonyl (C=O) groups excluding carboxylic acids is 1. The van der Waals surface area contributed by atoms with E-state index in [2.05, 4.69) is 25.5 Å². The fourth-order valence-corrected chi connectivity index (χ4v) is 4.92. The van der Waals surface area contributed by atoms with Crippen LogP contribution in [0.3, 0.4) is 0 Å². The van der Waals surface area contributed by atoms with Crippen molar-refractivity contribution in [1.82, 2.24) is 14.0 Å². The largest absolute Gasteiger partial charge is 0.465 e. The summed E-state index contributed by atoms with van der Waals surface area (Å²) >= 11 is 3.49. The molecule has 1 fully saturated rings. The van der Waals surface area contributed by atoms with E-state index in [0.29, 0.717) is 16.7 Å². The summed E-state index contributed by atoms with van der Waals surface area (Å²) in [5.74, 6) is 0.250. The number of esters is 1. The average molecular weight is 440 g/mol. The van der Waals surface area contributed by atoms with Crippen molar-refractivity contribution in [3.63, 3.8) is 0 Å². The van der Waals surface area contributed by atoms with Gasteiger partial charge in [0, 0.05) is 10.5 Å². The minimum absolute atomic E-state index is 0.252. The molecule has 0 amide bonds. The molecule has 0 spiro atoms.